The molecule has 0 radical (unpaired) electrons. The Labute approximate surface area is 139 Å². The zero-order valence-electron chi connectivity index (χ0n) is 13.9. The number of hydrogen-bond donors (Lipinski definition) is 1. The highest BCUT2D eigenvalue weighted by Gasteiger charge is 2.36. The predicted molar refractivity (Wildman–Crippen MR) is 85.5 cm³/mol. The molecule has 3 aliphatic rings. The molecule has 24 heavy (non-hydrogen) atoms. The molecule has 0 aromatic carbocycles. The van der Waals surface area contributed by atoms with Crippen LogP contribution in [0.5, 0.6) is 0 Å². The molecule has 130 valence electrons. The van der Waals surface area contributed by atoms with Gasteiger partial charge in [-0.05, 0) is 32.1 Å². The van der Waals surface area contributed by atoms with Crippen molar-refractivity contribution in [3.05, 3.63) is 16.3 Å². The second-order valence-corrected chi connectivity index (χ2v) is 7.12. The summed E-state index contributed by atoms with van der Waals surface area (Å²) in [5, 5.41) is 7.20. The van der Waals surface area contributed by atoms with Crippen molar-refractivity contribution >= 4 is 11.8 Å². The Morgan fingerprint density at radius 2 is 1.83 bits per heavy atom. The Kier molecular flexibility index (Phi) is 3.69. The first-order valence-corrected chi connectivity index (χ1v) is 8.78. The van der Waals surface area contributed by atoms with E-state index in [4.69, 9.17) is 0 Å². The molecule has 3 heterocycles. The number of aryl methyl sites for hydroxylation is 1. The molecule has 1 saturated carbocycles. The van der Waals surface area contributed by atoms with Crippen LogP contribution in [0.25, 0.3) is 0 Å². The van der Waals surface area contributed by atoms with Crippen LogP contribution in [0.1, 0.15) is 56.3 Å². The van der Waals surface area contributed by atoms with Gasteiger partial charge in [0.1, 0.15) is 11.9 Å². The third-order valence-electron chi connectivity index (χ3n) is 5.36. The van der Waals surface area contributed by atoms with Gasteiger partial charge in [0.2, 0.25) is 11.8 Å². The second-order valence-electron chi connectivity index (χ2n) is 7.12. The third-order valence-corrected chi connectivity index (χ3v) is 5.36. The third kappa shape index (κ3) is 2.63. The molecule has 2 aliphatic heterocycles. The fraction of sp³-hybridized carbons (Fsp3) is 0.750. The molecule has 1 N–H and O–H groups in total. The largest absolute Gasteiger partial charge is 0.345 e. The predicted octanol–water partition coefficient (Wildman–Crippen LogP) is -0.0987. The number of hydrogen-bond acceptors (Lipinski definition) is 4. The van der Waals surface area contributed by atoms with E-state index in [0.717, 1.165) is 31.5 Å². The van der Waals surface area contributed by atoms with Gasteiger partial charge in [0.25, 0.3) is 0 Å². The summed E-state index contributed by atoms with van der Waals surface area (Å²) in [6.07, 6.45) is 4.77. The number of carbonyl (C=O) groups excluding carboxylic acids is 2. The highest BCUT2D eigenvalue weighted by atomic mass is 16.2. The van der Waals surface area contributed by atoms with Crippen LogP contribution in [-0.4, -0.2) is 50.2 Å². The van der Waals surface area contributed by atoms with Crippen LogP contribution >= 0.6 is 0 Å². The van der Waals surface area contributed by atoms with Gasteiger partial charge in [0.05, 0.1) is 0 Å². The first kappa shape index (κ1) is 15.4. The quantitative estimate of drug-likeness (QED) is 0.837. The summed E-state index contributed by atoms with van der Waals surface area (Å²) >= 11 is 0. The lowest BCUT2D eigenvalue weighted by Crippen LogP contribution is -2.47. The fourth-order valence-corrected chi connectivity index (χ4v) is 3.83. The molecule has 8 nitrogen and oxygen atoms in total. The summed E-state index contributed by atoms with van der Waals surface area (Å²) in [5.74, 6) is 1.10. The summed E-state index contributed by atoms with van der Waals surface area (Å²) in [4.78, 5) is 37.9. The molecule has 1 unspecified atom stereocenters. The Balaban J connectivity index is 1.43. The van der Waals surface area contributed by atoms with Gasteiger partial charge in [0, 0.05) is 38.5 Å². The maximum absolute atomic E-state index is 12.5. The van der Waals surface area contributed by atoms with E-state index in [1.807, 2.05) is 9.47 Å². The summed E-state index contributed by atoms with van der Waals surface area (Å²) in [6.45, 7) is 1.32. The monoisotopic (exact) mass is 333 g/mol. The van der Waals surface area contributed by atoms with Gasteiger partial charge >= 0.3 is 5.69 Å². The number of rotatable bonds is 3. The van der Waals surface area contributed by atoms with Crippen molar-refractivity contribution in [2.24, 2.45) is 7.05 Å². The van der Waals surface area contributed by atoms with E-state index in [1.54, 1.807) is 7.05 Å². The fourth-order valence-electron chi connectivity index (χ4n) is 3.83. The van der Waals surface area contributed by atoms with Crippen LogP contribution in [-0.2, 0) is 16.6 Å². The molecule has 8 heteroatoms. The number of nitrogens with one attached hydrogen (secondary N) is 1. The van der Waals surface area contributed by atoms with Crippen molar-refractivity contribution in [1.29, 1.82) is 0 Å². The highest BCUT2D eigenvalue weighted by Crippen LogP contribution is 2.37. The second kappa shape index (κ2) is 5.75. The van der Waals surface area contributed by atoms with Crippen LogP contribution in [0.4, 0.5) is 0 Å². The molecule has 0 spiro atoms. The van der Waals surface area contributed by atoms with E-state index in [9.17, 15) is 14.4 Å². The molecule has 1 aromatic rings. The van der Waals surface area contributed by atoms with Crippen molar-refractivity contribution in [3.63, 3.8) is 0 Å². The van der Waals surface area contributed by atoms with Crippen molar-refractivity contribution in [3.8, 4) is 0 Å². The lowest BCUT2D eigenvalue weighted by atomic mass is 9.95. The van der Waals surface area contributed by atoms with E-state index in [2.05, 4.69) is 10.4 Å². The molecular weight excluding hydrogens is 310 g/mol. The normalized spacial score (nSPS) is 25.1. The zero-order chi connectivity index (χ0) is 16.8. The van der Waals surface area contributed by atoms with Crippen LogP contribution in [0, 0.1) is 0 Å². The minimum Gasteiger partial charge on any atom is -0.344 e. The van der Waals surface area contributed by atoms with Gasteiger partial charge in [-0.1, -0.05) is 0 Å². The van der Waals surface area contributed by atoms with Crippen LogP contribution in [0.2, 0.25) is 0 Å². The van der Waals surface area contributed by atoms with Gasteiger partial charge in [-0.3, -0.25) is 14.2 Å². The van der Waals surface area contributed by atoms with E-state index >= 15 is 0 Å². The van der Waals surface area contributed by atoms with Crippen molar-refractivity contribution in [2.75, 3.05) is 13.1 Å². The van der Waals surface area contributed by atoms with Gasteiger partial charge in [-0.25, -0.2) is 9.48 Å². The first-order chi connectivity index (χ1) is 11.5. The van der Waals surface area contributed by atoms with Crippen molar-refractivity contribution in [1.82, 2.24) is 24.6 Å². The summed E-state index contributed by atoms with van der Waals surface area (Å²) < 4.78 is 3.29. The van der Waals surface area contributed by atoms with Gasteiger partial charge < -0.3 is 10.2 Å². The molecule has 1 aliphatic carbocycles. The highest BCUT2D eigenvalue weighted by molar-refractivity contribution is 5.90. The Morgan fingerprint density at radius 3 is 2.42 bits per heavy atom. The number of amides is 2. The van der Waals surface area contributed by atoms with Crippen LogP contribution < -0.4 is 11.0 Å². The van der Waals surface area contributed by atoms with E-state index < -0.39 is 0 Å². The minimum absolute atomic E-state index is 0.0277. The van der Waals surface area contributed by atoms with Gasteiger partial charge in [-0.2, -0.15) is 5.10 Å². The number of aromatic nitrogens is 3. The molecule has 1 atom stereocenters. The number of likely N-dealkylation sites (tertiary alicyclic amines) is 1. The molecule has 2 amide bonds. The SMILES string of the molecule is Cn1nc(C2CCN(C(=O)C3CCC(=O)N3)CC2)n(C2CC2)c1=O. The standard InChI is InChI=1S/C16H23N5O3/c1-19-16(24)21(11-2-3-11)14(18-19)10-6-8-20(9-7-10)15(23)12-4-5-13(22)17-12/h10-12H,2-9H2,1H3,(H,17,22). The Bertz CT molecular complexity index is 725. The smallest absolute Gasteiger partial charge is 0.344 e. The van der Waals surface area contributed by atoms with E-state index in [0.29, 0.717) is 32.0 Å². The molecule has 4 rings (SSSR count). The Hall–Kier alpha value is -2.12. The summed E-state index contributed by atoms with van der Waals surface area (Å²) in [5.41, 5.74) is -0.0281. The first-order valence-electron chi connectivity index (χ1n) is 8.78. The van der Waals surface area contributed by atoms with Crippen LogP contribution in [0.3, 0.4) is 0 Å². The molecule has 1 aromatic heterocycles. The average Bonchev–Trinajstić information content (AvgIpc) is 3.26. The average molecular weight is 333 g/mol. The molecule has 2 saturated heterocycles. The summed E-state index contributed by atoms with van der Waals surface area (Å²) in [7, 11) is 1.70. The van der Waals surface area contributed by atoms with Crippen molar-refractivity contribution < 1.29 is 9.59 Å². The lowest BCUT2D eigenvalue weighted by molar-refractivity contribution is -0.135. The summed E-state index contributed by atoms with van der Waals surface area (Å²) in [6, 6.07) is -0.0388. The molecular formula is C16H23N5O3. The molecule has 0 bridgehead atoms. The van der Waals surface area contributed by atoms with Crippen LogP contribution in [0.15, 0.2) is 4.79 Å². The van der Waals surface area contributed by atoms with E-state index in [-0.39, 0.29) is 29.5 Å². The topological polar surface area (TPSA) is 89.2 Å². The van der Waals surface area contributed by atoms with Gasteiger partial charge in [0.15, 0.2) is 0 Å². The number of nitrogens with zero attached hydrogens (tertiary/aromatic N) is 4. The maximum Gasteiger partial charge on any atom is 0.345 e. The zero-order valence-corrected chi connectivity index (χ0v) is 13.9. The number of carbonyl (C=O) groups is 2. The minimum atomic E-state index is -0.353. The van der Waals surface area contributed by atoms with Crippen molar-refractivity contribution in [2.45, 2.75) is 56.5 Å². The molecule has 3 fully saturated rings. The van der Waals surface area contributed by atoms with Gasteiger partial charge in [-0.15, -0.1) is 0 Å². The maximum atomic E-state index is 12.5. The Morgan fingerprint density at radius 1 is 1.12 bits per heavy atom. The number of piperidine rings is 1. The van der Waals surface area contributed by atoms with E-state index in [1.165, 1.54) is 4.68 Å². The lowest BCUT2D eigenvalue weighted by Gasteiger charge is -2.33.